The van der Waals surface area contributed by atoms with Crippen LogP contribution in [0, 0.1) is 5.41 Å². The monoisotopic (exact) mass is 253 g/mol. The van der Waals surface area contributed by atoms with Crippen molar-refractivity contribution in [2.75, 3.05) is 13.1 Å². The number of para-hydroxylation sites is 1. The van der Waals surface area contributed by atoms with Crippen LogP contribution in [-0.4, -0.2) is 23.1 Å². The van der Waals surface area contributed by atoms with Crippen molar-refractivity contribution in [1.82, 2.24) is 4.90 Å². The Hall–Kier alpha value is -0.730. The zero-order valence-electron chi connectivity index (χ0n) is 10.5. The van der Waals surface area contributed by atoms with Crippen LogP contribution < -0.4 is 0 Å². The van der Waals surface area contributed by atoms with Gasteiger partial charge in [0.15, 0.2) is 0 Å². The van der Waals surface area contributed by atoms with E-state index in [1.807, 2.05) is 12.1 Å². The van der Waals surface area contributed by atoms with Crippen molar-refractivity contribution in [2.45, 2.75) is 33.2 Å². The predicted octanol–water partition coefficient (Wildman–Crippen LogP) is 3.67. The van der Waals surface area contributed by atoms with Crippen molar-refractivity contribution in [2.24, 2.45) is 5.41 Å². The maximum Gasteiger partial charge on any atom is 0.138 e. The number of rotatable bonds is 2. The highest BCUT2D eigenvalue weighted by atomic mass is 35.5. The highest BCUT2D eigenvalue weighted by Crippen LogP contribution is 2.32. The molecule has 1 heterocycles. The summed E-state index contributed by atoms with van der Waals surface area (Å²) in [6.45, 7) is 7.58. The lowest BCUT2D eigenvalue weighted by Gasteiger charge is -2.38. The molecule has 2 nitrogen and oxygen atoms in total. The number of phenols is 1. The second kappa shape index (κ2) is 4.87. The van der Waals surface area contributed by atoms with E-state index < -0.39 is 0 Å². The van der Waals surface area contributed by atoms with Gasteiger partial charge in [-0.2, -0.15) is 0 Å². The maximum atomic E-state index is 9.90. The average molecular weight is 254 g/mol. The average Bonchev–Trinajstić information content (AvgIpc) is 2.23. The topological polar surface area (TPSA) is 23.5 Å². The van der Waals surface area contributed by atoms with Gasteiger partial charge < -0.3 is 5.11 Å². The van der Waals surface area contributed by atoms with Crippen LogP contribution in [0.3, 0.4) is 0 Å². The number of piperidine rings is 1. The molecule has 0 saturated carbocycles. The molecule has 0 aliphatic carbocycles. The summed E-state index contributed by atoms with van der Waals surface area (Å²) in [6, 6.07) is 5.57. The van der Waals surface area contributed by atoms with Crippen molar-refractivity contribution in [3.8, 4) is 5.75 Å². The van der Waals surface area contributed by atoms with Crippen molar-refractivity contribution >= 4 is 11.6 Å². The van der Waals surface area contributed by atoms with Gasteiger partial charge in [-0.05, 0) is 30.9 Å². The number of phenolic OH excluding ortho intramolecular Hbond substituents is 1. The van der Waals surface area contributed by atoms with Crippen LogP contribution >= 0.6 is 11.6 Å². The molecule has 0 unspecified atom stereocenters. The highest BCUT2D eigenvalue weighted by molar-refractivity contribution is 6.32. The van der Waals surface area contributed by atoms with E-state index in [9.17, 15) is 5.11 Å². The second-order valence-corrected chi connectivity index (χ2v) is 6.13. The molecular weight excluding hydrogens is 234 g/mol. The third-order valence-electron chi connectivity index (χ3n) is 3.44. The standard InChI is InChI=1S/C14H20ClNO/c1-14(2)7-4-8-16(10-14)9-11-5-3-6-12(15)13(11)17/h3,5-6,17H,4,7-10H2,1-2H3. The first kappa shape index (κ1) is 12.7. The van der Waals surface area contributed by atoms with E-state index in [0.717, 1.165) is 25.2 Å². The van der Waals surface area contributed by atoms with Crippen LogP contribution in [0.5, 0.6) is 5.75 Å². The van der Waals surface area contributed by atoms with Crippen LogP contribution in [-0.2, 0) is 6.54 Å². The van der Waals surface area contributed by atoms with Gasteiger partial charge in [0.2, 0.25) is 0 Å². The van der Waals surface area contributed by atoms with Gasteiger partial charge in [0, 0.05) is 18.7 Å². The summed E-state index contributed by atoms with van der Waals surface area (Å²) < 4.78 is 0. The van der Waals surface area contributed by atoms with Crippen LogP contribution in [0.15, 0.2) is 18.2 Å². The van der Waals surface area contributed by atoms with Gasteiger partial charge in [0.25, 0.3) is 0 Å². The summed E-state index contributed by atoms with van der Waals surface area (Å²) in [5.74, 6) is 0.234. The first-order chi connectivity index (χ1) is 7.98. The molecule has 0 atom stereocenters. The molecule has 2 rings (SSSR count). The molecule has 3 heteroatoms. The second-order valence-electron chi connectivity index (χ2n) is 5.73. The summed E-state index contributed by atoms with van der Waals surface area (Å²) in [4.78, 5) is 2.40. The number of likely N-dealkylation sites (tertiary alicyclic amines) is 1. The fraction of sp³-hybridized carbons (Fsp3) is 0.571. The molecule has 0 radical (unpaired) electrons. The maximum absolute atomic E-state index is 9.90. The molecule has 0 spiro atoms. The van der Waals surface area contributed by atoms with Gasteiger partial charge in [-0.15, -0.1) is 0 Å². The molecule has 1 aromatic rings. The molecular formula is C14H20ClNO. The molecule has 0 aromatic heterocycles. The zero-order chi connectivity index (χ0) is 12.5. The van der Waals surface area contributed by atoms with Gasteiger partial charge in [-0.1, -0.05) is 37.6 Å². The van der Waals surface area contributed by atoms with Gasteiger partial charge in [-0.3, -0.25) is 4.90 Å². The van der Waals surface area contributed by atoms with Crippen molar-refractivity contribution in [3.05, 3.63) is 28.8 Å². The third kappa shape index (κ3) is 3.14. The smallest absolute Gasteiger partial charge is 0.138 e. The number of hydrogen-bond donors (Lipinski definition) is 1. The summed E-state index contributed by atoms with van der Waals surface area (Å²) in [6.07, 6.45) is 2.51. The SMILES string of the molecule is CC1(C)CCCN(Cc2cccc(Cl)c2O)C1. The Kier molecular flexibility index (Phi) is 3.64. The first-order valence-electron chi connectivity index (χ1n) is 6.17. The minimum atomic E-state index is 0.234. The lowest BCUT2D eigenvalue weighted by molar-refractivity contribution is 0.111. The fourth-order valence-electron chi connectivity index (χ4n) is 2.61. The van der Waals surface area contributed by atoms with E-state index in [-0.39, 0.29) is 5.75 Å². The molecule has 1 fully saturated rings. The van der Waals surface area contributed by atoms with Crippen molar-refractivity contribution in [3.63, 3.8) is 0 Å². The van der Waals surface area contributed by atoms with Gasteiger partial charge >= 0.3 is 0 Å². The lowest BCUT2D eigenvalue weighted by atomic mass is 9.84. The summed E-state index contributed by atoms with van der Waals surface area (Å²) >= 11 is 5.92. The molecule has 0 amide bonds. The predicted molar refractivity (Wildman–Crippen MR) is 71.4 cm³/mol. The number of benzene rings is 1. The van der Waals surface area contributed by atoms with Crippen LogP contribution in [0.4, 0.5) is 0 Å². The Morgan fingerprint density at radius 2 is 2.18 bits per heavy atom. The molecule has 1 aliphatic heterocycles. The van der Waals surface area contributed by atoms with E-state index in [1.165, 1.54) is 12.8 Å². The first-order valence-corrected chi connectivity index (χ1v) is 6.54. The van der Waals surface area contributed by atoms with E-state index in [2.05, 4.69) is 18.7 Å². The van der Waals surface area contributed by atoms with Gasteiger partial charge in [0.1, 0.15) is 5.75 Å². The summed E-state index contributed by atoms with van der Waals surface area (Å²) in [5, 5.41) is 10.3. The van der Waals surface area contributed by atoms with Crippen molar-refractivity contribution in [1.29, 1.82) is 0 Å². The Morgan fingerprint density at radius 1 is 1.41 bits per heavy atom. The van der Waals surface area contributed by atoms with Crippen LogP contribution in [0.2, 0.25) is 5.02 Å². The normalized spacial score (nSPS) is 20.4. The molecule has 1 aromatic carbocycles. The summed E-state index contributed by atoms with van der Waals surface area (Å²) in [5.41, 5.74) is 1.31. The molecule has 1 saturated heterocycles. The van der Waals surface area contributed by atoms with E-state index in [0.29, 0.717) is 10.4 Å². The quantitative estimate of drug-likeness (QED) is 0.869. The molecule has 0 bridgehead atoms. The Labute approximate surface area is 108 Å². The summed E-state index contributed by atoms with van der Waals surface area (Å²) in [7, 11) is 0. The fourth-order valence-corrected chi connectivity index (χ4v) is 2.80. The highest BCUT2D eigenvalue weighted by Gasteiger charge is 2.26. The molecule has 94 valence electrons. The van der Waals surface area contributed by atoms with E-state index in [1.54, 1.807) is 6.07 Å². The minimum absolute atomic E-state index is 0.234. The Balaban J connectivity index is 2.08. The van der Waals surface area contributed by atoms with E-state index in [4.69, 9.17) is 11.6 Å². The molecule has 1 aliphatic rings. The lowest BCUT2D eigenvalue weighted by Crippen LogP contribution is -2.39. The minimum Gasteiger partial charge on any atom is -0.506 e. The largest absolute Gasteiger partial charge is 0.506 e. The van der Waals surface area contributed by atoms with Gasteiger partial charge in [-0.25, -0.2) is 0 Å². The number of halogens is 1. The molecule has 1 N–H and O–H groups in total. The number of aromatic hydroxyl groups is 1. The van der Waals surface area contributed by atoms with Gasteiger partial charge in [0.05, 0.1) is 5.02 Å². The Morgan fingerprint density at radius 3 is 2.88 bits per heavy atom. The molecule has 17 heavy (non-hydrogen) atoms. The Bertz CT molecular complexity index is 403. The van der Waals surface area contributed by atoms with E-state index >= 15 is 0 Å². The van der Waals surface area contributed by atoms with Crippen molar-refractivity contribution < 1.29 is 5.11 Å². The third-order valence-corrected chi connectivity index (χ3v) is 3.75. The number of nitrogens with zero attached hydrogens (tertiary/aromatic N) is 1. The zero-order valence-corrected chi connectivity index (χ0v) is 11.3. The van der Waals surface area contributed by atoms with Crippen LogP contribution in [0.25, 0.3) is 0 Å². The van der Waals surface area contributed by atoms with Crippen LogP contribution in [0.1, 0.15) is 32.3 Å². The number of hydrogen-bond acceptors (Lipinski definition) is 2.